The van der Waals surface area contributed by atoms with Crippen LogP contribution in [-0.4, -0.2) is 36.2 Å². The van der Waals surface area contributed by atoms with E-state index in [9.17, 15) is 5.11 Å². The molecule has 3 rings (SSSR count). The van der Waals surface area contributed by atoms with Crippen LogP contribution in [0.15, 0.2) is 78.9 Å². The minimum Gasteiger partial charge on any atom is -0.492 e. The van der Waals surface area contributed by atoms with Crippen LogP contribution in [0.4, 0.5) is 0 Å². The Morgan fingerprint density at radius 1 is 0.806 bits per heavy atom. The minimum atomic E-state index is -1.03. The summed E-state index contributed by atoms with van der Waals surface area (Å²) in [6.07, 6.45) is 1.03. The fourth-order valence-electron chi connectivity index (χ4n) is 3.83. The molecule has 1 atom stereocenters. The molecule has 0 radical (unpaired) electrons. The summed E-state index contributed by atoms with van der Waals surface area (Å²) >= 11 is 6.05. The maximum absolute atomic E-state index is 11.8. The Morgan fingerprint density at radius 3 is 1.97 bits per heavy atom. The highest BCUT2D eigenvalue weighted by molar-refractivity contribution is 6.30. The Labute approximate surface area is 191 Å². The summed E-state index contributed by atoms with van der Waals surface area (Å²) in [7, 11) is 0. The average Bonchev–Trinajstić information content (AvgIpc) is 2.79. The second-order valence-corrected chi connectivity index (χ2v) is 8.33. The van der Waals surface area contributed by atoms with Gasteiger partial charge < -0.3 is 14.7 Å². The van der Waals surface area contributed by atoms with Gasteiger partial charge in [-0.05, 0) is 54.0 Å². The molecule has 0 amide bonds. The van der Waals surface area contributed by atoms with E-state index in [2.05, 4.69) is 30.9 Å². The van der Waals surface area contributed by atoms with Crippen LogP contribution in [0.1, 0.15) is 30.5 Å². The fraction of sp³-hybridized carbons (Fsp3) is 0.333. The SMILES string of the molecule is CCN(CC)CCOc1ccc(C(O)(Cc2ccccc2)Cc2ccc(Cl)cc2)cc1. The van der Waals surface area contributed by atoms with Gasteiger partial charge in [-0.3, -0.25) is 0 Å². The molecule has 0 saturated heterocycles. The molecule has 0 aromatic heterocycles. The van der Waals surface area contributed by atoms with Crippen molar-refractivity contribution in [1.29, 1.82) is 0 Å². The van der Waals surface area contributed by atoms with Gasteiger partial charge in [0, 0.05) is 24.4 Å². The van der Waals surface area contributed by atoms with Crippen LogP contribution in [0.25, 0.3) is 0 Å². The zero-order chi connectivity index (χ0) is 22.1. The van der Waals surface area contributed by atoms with E-state index in [0.29, 0.717) is 24.5 Å². The van der Waals surface area contributed by atoms with Gasteiger partial charge in [-0.25, -0.2) is 0 Å². The van der Waals surface area contributed by atoms with E-state index in [0.717, 1.165) is 42.1 Å². The first-order chi connectivity index (χ1) is 15.0. The standard InChI is InChI=1S/C27H32ClNO2/c1-3-29(4-2)18-19-31-26-16-12-24(13-17-26)27(30,20-22-8-6-5-7-9-22)21-23-10-14-25(28)15-11-23/h5-17,30H,3-4,18-21H2,1-2H3. The van der Waals surface area contributed by atoms with Gasteiger partial charge in [-0.2, -0.15) is 0 Å². The van der Waals surface area contributed by atoms with Crippen molar-refractivity contribution in [3.8, 4) is 5.75 Å². The van der Waals surface area contributed by atoms with Crippen molar-refractivity contribution in [2.75, 3.05) is 26.2 Å². The molecule has 0 aliphatic rings. The summed E-state index contributed by atoms with van der Waals surface area (Å²) in [5.74, 6) is 0.824. The molecule has 0 fully saturated rings. The first kappa shape index (κ1) is 23.3. The van der Waals surface area contributed by atoms with Gasteiger partial charge in [0.2, 0.25) is 0 Å². The molecule has 0 spiro atoms. The first-order valence-electron chi connectivity index (χ1n) is 11.0. The van der Waals surface area contributed by atoms with E-state index in [1.165, 1.54) is 0 Å². The van der Waals surface area contributed by atoms with Crippen molar-refractivity contribution in [2.24, 2.45) is 0 Å². The molecule has 31 heavy (non-hydrogen) atoms. The average molecular weight is 438 g/mol. The molecule has 0 heterocycles. The van der Waals surface area contributed by atoms with Gasteiger partial charge in [0.15, 0.2) is 0 Å². The molecule has 0 aliphatic heterocycles. The lowest BCUT2D eigenvalue weighted by Crippen LogP contribution is -2.31. The van der Waals surface area contributed by atoms with E-state index in [1.807, 2.05) is 66.7 Å². The lowest BCUT2D eigenvalue weighted by atomic mass is 9.82. The highest BCUT2D eigenvalue weighted by atomic mass is 35.5. The van der Waals surface area contributed by atoms with Gasteiger partial charge in [-0.15, -0.1) is 0 Å². The predicted molar refractivity (Wildman–Crippen MR) is 129 cm³/mol. The second-order valence-electron chi connectivity index (χ2n) is 7.90. The lowest BCUT2D eigenvalue weighted by molar-refractivity contribution is 0.0371. The van der Waals surface area contributed by atoms with Crippen molar-refractivity contribution >= 4 is 11.6 Å². The fourth-order valence-corrected chi connectivity index (χ4v) is 3.96. The summed E-state index contributed by atoms with van der Waals surface area (Å²) in [4.78, 5) is 2.33. The van der Waals surface area contributed by atoms with Crippen LogP contribution < -0.4 is 4.74 Å². The van der Waals surface area contributed by atoms with Crippen LogP contribution in [0.2, 0.25) is 5.02 Å². The van der Waals surface area contributed by atoms with Gasteiger partial charge in [-0.1, -0.05) is 80.0 Å². The van der Waals surface area contributed by atoms with Crippen LogP contribution in [0.5, 0.6) is 5.75 Å². The molecule has 0 saturated carbocycles. The number of rotatable bonds is 11. The quantitative estimate of drug-likeness (QED) is 0.415. The van der Waals surface area contributed by atoms with Crippen molar-refractivity contribution < 1.29 is 9.84 Å². The summed E-state index contributed by atoms with van der Waals surface area (Å²) in [6, 6.07) is 25.7. The maximum atomic E-state index is 11.8. The molecular weight excluding hydrogens is 406 g/mol. The Kier molecular flexibility index (Phi) is 8.53. The number of benzene rings is 3. The Bertz CT molecular complexity index is 908. The van der Waals surface area contributed by atoms with E-state index >= 15 is 0 Å². The first-order valence-corrected chi connectivity index (χ1v) is 11.4. The number of hydrogen-bond acceptors (Lipinski definition) is 3. The molecule has 0 bridgehead atoms. The minimum absolute atomic E-state index is 0.501. The summed E-state index contributed by atoms with van der Waals surface area (Å²) in [5, 5.41) is 12.5. The van der Waals surface area contributed by atoms with Gasteiger partial charge in [0.25, 0.3) is 0 Å². The van der Waals surface area contributed by atoms with Crippen molar-refractivity contribution in [2.45, 2.75) is 32.3 Å². The Balaban J connectivity index is 1.77. The molecule has 3 nitrogen and oxygen atoms in total. The molecule has 3 aromatic rings. The zero-order valence-electron chi connectivity index (χ0n) is 18.4. The number of likely N-dealkylation sites (N-methyl/N-ethyl adjacent to an activating group) is 1. The van der Waals surface area contributed by atoms with E-state index < -0.39 is 5.60 Å². The highest BCUT2D eigenvalue weighted by Crippen LogP contribution is 2.31. The van der Waals surface area contributed by atoms with Gasteiger partial charge in [0.05, 0.1) is 5.60 Å². The van der Waals surface area contributed by atoms with Crippen molar-refractivity contribution in [3.63, 3.8) is 0 Å². The molecule has 164 valence electrons. The number of halogens is 1. The van der Waals surface area contributed by atoms with Crippen LogP contribution >= 0.6 is 11.6 Å². The Hall–Kier alpha value is -2.33. The topological polar surface area (TPSA) is 32.7 Å². The lowest BCUT2D eigenvalue weighted by Gasteiger charge is -2.29. The summed E-state index contributed by atoms with van der Waals surface area (Å²) in [5.41, 5.74) is 1.98. The maximum Gasteiger partial charge on any atom is 0.119 e. The molecule has 1 unspecified atom stereocenters. The molecule has 1 N–H and O–H groups in total. The van der Waals surface area contributed by atoms with Gasteiger partial charge >= 0.3 is 0 Å². The van der Waals surface area contributed by atoms with Crippen molar-refractivity contribution in [1.82, 2.24) is 4.90 Å². The van der Waals surface area contributed by atoms with Crippen LogP contribution in [-0.2, 0) is 18.4 Å². The molecule has 4 heteroatoms. The number of aliphatic hydroxyl groups is 1. The normalized spacial score (nSPS) is 13.2. The van der Waals surface area contributed by atoms with Crippen LogP contribution in [0.3, 0.4) is 0 Å². The number of nitrogens with zero attached hydrogens (tertiary/aromatic N) is 1. The molecule has 3 aromatic carbocycles. The monoisotopic (exact) mass is 437 g/mol. The van der Waals surface area contributed by atoms with Crippen molar-refractivity contribution in [3.05, 3.63) is 101 Å². The molecular formula is C27H32ClNO2. The number of ether oxygens (including phenoxy) is 1. The van der Waals surface area contributed by atoms with Crippen LogP contribution in [0, 0.1) is 0 Å². The van der Waals surface area contributed by atoms with Gasteiger partial charge in [0.1, 0.15) is 12.4 Å². The summed E-state index contributed by atoms with van der Waals surface area (Å²) in [6.45, 7) is 7.93. The smallest absolute Gasteiger partial charge is 0.119 e. The van der Waals surface area contributed by atoms with E-state index in [1.54, 1.807) is 0 Å². The summed E-state index contributed by atoms with van der Waals surface area (Å²) < 4.78 is 5.92. The number of hydrogen-bond donors (Lipinski definition) is 1. The van der Waals surface area contributed by atoms with E-state index in [-0.39, 0.29) is 0 Å². The third-order valence-corrected chi connectivity index (χ3v) is 5.96. The predicted octanol–water partition coefficient (Wildman–Crippen LogP) is 5.73. The highest BCUT2D eigenvalue weighted by Gasteiger charge is 2.30. The third-order valence-electron chi connectivity index (χ3n) is 5.71. The second kappa shape index (κ2) is 11.3. The third kappa shape index (κ3) is 6.83. The Morgan fingerprint density at radius 2 is 1.39 bits per heavy atom. The zero-order valence-corrected chi connectivity index (χ0v) is 19.2. The molecule has 0 aliphatic carbocycles. The largest absolute Gasteiger partial charge is 0.492 e. The van der Waals surface area contributed by atoms with E-state index in [4.69, 9.17) is 16.3 Å².